The first-order chi connectivity index (χ1) is 13.8. The van der Waals surface area contributed by atoms with Crippen molar-refractivity contribution in [1.29, 1.82) is 0 Å². The third kappa shape index (κ3) is 3.63. The second-order valence-corrected chi connectivity index (χ2v) is 9.95. The van der Waals surface area contributed by atoms with Crippen LogP contribution in [0.3, 0.4) is 0 Å². The van der Waals surface area contributed by atoms with Gasteiger partial charge < -0.3 is 9.80 Å². The molecule has 6 heteroatoms. The van der Waals surface area contributed by atoms with Crippen molar-refractivity contribution in [2.24, 2.45) is 0 Å². The molecule has 2 aromatic carbocycles. The minimum absolute atomic E-state index is 0.295. The first-order valence-corrected chi connectivity index (χ1v) is 11.4. The Bertz CT molecular complexity index is 1180. The summed E-state index contributed by atoms with van der Waals surface area (Å²) in [6, 6.07) is 11.4. The fraction of sp³-hybridized carbons (Fsp3) is 0.348. The fourth-order valence-corrected chi connectivity index (χ4v) is 5.35. The smallest absolute Gasteiger partial charge is 0.210 e. The predicted molar refractivity (Wildman–Crippen MR) is 118 cm³/mol. The lowest BCUT2D eigenvalue weighted by molar-refractivity contribution is 0.312. The lowest BCUT2D eigenvalue weighted by Crippen LogP contribution is -2.45. The number of piperazine rings is 1. The number of benzene rings is 2. The normalized spacial score (nSPS) is 15.8. The van der Waals surface area contributed by atoms with Gasteiger partial charge in [-0.05, 0) is 63.2 Å². The lowest BCUT2D eigenvalue weighted by Gasteiger charge is -2.35. The van der Waals surface area contributed by atoms with Crippen molar-refractivity contribution in [2.45, 2.75) is 30.6 Å². The Hall–Kier alpha value is -2.44. The highest BCUT2D eigenvalue weighted by molar-refractivity contribution is 7.91. The lowest BCUT2D eigenvalue weighted by atomic mass is 10.1. The zero-order chi connectivity index (χ0) is 20.8. The van der Waals surface area contributed by atoms with E-state index >= 15 is 0 Å². The Kier molecular flexibility index (Phi) is 5.09. The van der Waals surface area contributed by atoms with Crippen LogP contribution in [0.1, 0.15) is 16.7 Å². The third-order valence-electron chi connectivity index (χ3n) is 5.86. The van der Waals surface area contributed by atoms with E-state index in [-0.39, 0.29) is 0 Å². The van der Waals surface area contributed by atoms with E-state index in [0.29, 0.717) is 9.79 Å². The number of aromatic nitrogens is 1. The molecule has 0 bridgehead atoms. The van der Waals surface area contributed by atoms with Crippen molar-refractivity contribution < 1.29 is 8.42 Å². The maximum absolute atomic E-state index is 13.7. The number of hydrogen-bond donors (Lipinski definition) is 0. The van der Waals surface area contributed by atoms with Gasteiger partial charge in [-0.25, -0.2) is 8.42 Å². The monoisotopic (exact) mass is 409 g/mol. The summed E-state index contributed by atoms with van der Waals surface area (Å²) in [6.45, 7) is 9.34. The molecule has 1 saturated heterocycles. The SMILES string of the molecule is Cc1ccc2ncc(S(=O)(=O)c3ccc(C)c(C)c3)c(N3CCN(C)CC3)c2c1. The molecular weight excluding hydrogens is 382 g/mol. The highest BCUT2D eigenvalue weighted by Gasteiger charge is 2.28. The van der Waals surface area contributed by atoms with Gasteiger partial charge in [0.25, 0.3) is 0 Å². The van der Waals surface area contributed by atoms with Gasteiger partial charge in [-0.1, -0.05) is 17.7 Å². The van der Waals surface area contributed by atoms with Crippen molar-refractivity contribution in [3.63, 3.8) is 0 Å². The van der Waals surface area contributed by atoms with Crippen LogP contribution in [0.4, 0.5) is 5.69 Å². The van der Waals surface area contributed by atoms with Crippen LogP contribution in [-0.2, 0) is 9.84 Å². The molecule has 0 unspecified atom stereocenters. The van der Waals surface area contributed by atoms with Gasteiger partial charge in [0.2, 0.25) is 9.84 Å². The van der Waals surface area contributed by atoms with Crippen molar-refractivity contribution in [1.82, 2.24) is 9.88 Å². The molecule has 3 aromatic rings. The molecule has 5 nitrogen and oxygen atoms in total. The number of rotatable bonds is 3. The van der Waals surface area contributed by atoms with Crippen LogP contribution in [0.2, 0.25) is 0 Å². The molecule has 2 heterocycles. The van der Waals surface area contributed by atoms with E-state index in [0.717, 1.165) is 59.5 Å². The van der Waals surface area contributed by atoms with Crippen LogP contribution in [0.15, 0.2) is 52.4 Å². The molecule has 4 rings (SSSR count). The summed E-state index contributed by atoms with van der Waals surface area (Å²) in [5.41, 5.74) is 4.75. The van der Waals surface area contributed by atoms with Gasteiger partial charge in [-0.15, -0.1) is 0 Å². The van der Waals surface area contributed by atoms with Gasteiger partial charge in [0, 0.05) is 37.8 Å². The number of anilines is 1. The molecule has 1 fully saturated rings. The molecule has 0 spiro atoms. The average molecular weight is 410 g/mol. The number of hydrogen-bond acceptors (Lipinski definition) is 5. The molecule has 1 aromatic heterocycles. The van der Waals surface area contributed by atoms with Crippen LogP contribution in [0, 0.1) is 20.8 Å². The molecule has 1 aliphatic heterocycles. The van der Waals surface area contributed by atoms with Crippen molar-refractivity contribution >= 4 is 26.4 Å². The summed E-state index contributed by atoms with van der Waals surface area (Å²) in [7, 11) is -1.60. The fourth-order valence-electron chi connectivity index (χ4n) is 3.84. The largest absolute Gasteiger partial charge is 0.367 e. The van der Waals surface area contributed by atoms with Crippen LogP contribution in [0.25, 0.3) is 10.9 Å². The van der Waals surface area contributed by atoms with E-state index in [9.17, 15) is 8.42 Å². The van der Waals surface area contributed by atoms with E-state index in [2.05, 4.69) is 27.9 Å². The quantitative estimate of drug-likeness (QED) is 0.660. The summed E-state index contributed by atoms with van der Waals surface area (Å²) in [5, 5.41) is 0.902. The Morgan fingerprint density at radius 2 is 1.62 bits per heavy atom. The Morgan fingerprint density at radius 3 is 2.31 bits per heavy atom. The van der Waals surface area contributed by atoms with E-state index in [1.165, 1.54) is 6.20 Å². The second kappa shape index (κ2) is 7.43. The number of fused-ring (bicyclic) bond motifs is 1. The molecular formula is C23H27N3O2S. The summed E-state index contributed by atoms with van der Waals surface area (Å²) in [4.78, 5) is 9.60. The number of pyridine rings is 1. The number of aryl methyl sites for hydroxylation is 3. The predicted octanol–water partition coefficient (Wildman–Crippen LogP) is 3.74. The summed E-state index contributed by atoms with van der Waals surface area (Å²) < 4.78 is 27.4. The van der Waals surface area contributed by atoms with Crippen molar-refractivity contribution in [3.8, 4) is 0 Å². The molecule has 0 saturated carbocycles. The van der Waals surface area contributed by atoms with Gasteiger partial charge in [0.05, 0.1) is 16.1 Å². The summed E-state index contributed by atoms with van der Waals surface area (Å²) in [5.74, 6) is 0. The Morgan fingerprint density at radius 1 is 0.897 bits per heavy atom. The van der Waals surface area contributed by atoms with E-state index in [1.54, 1.807) is 12.1 Å². The minimum Gasteiger partial charge on any atom is -0.367 e. The number of likely N-dealkylation sites (N-methyl/N-ethyl adjacent to an activating group) is 1. The third-order valence-corrected chi connectivity index (χ3v) is 7.61. The highest BCUT2D eigenvalue weighted by atomic mass is 32.2. The van der Waals surface area contributed by atoms with Gasteiger partial charge in [0.1, 0.15) is 4.90 Å². The zero-order valence-electron chi connectivity index (χ0n) is 17.4. The molecule has 1 aliphatic rings. The maximum Gasteiger partial charge on any atom is 0.210 e. The standard InChI is InChI=1S/C23H27N3O2S/c1-16-5-8-21-20(13-16)23(26-11-9-25(4)10-12-26)22(15-24-21)29(27,28)19-7-6-17(2)18(3)14-19/h5-8,13-15H,9-12H2,1-4H3. The van der Waals surface area contributed by atoms with Crippen LogP contribution < -0.4 is 4.90 Å². The Balaban J connectivity index is 1.96. The molecule has 0 N–H and O–H groups in total. The Labute approximate surface area is 172 Å². The molecule has 0 aliphatic carbocycles. The van der Waals surface area contributed by atoms with E-state index in [1.807, 2.05) is 39.0 Å². The highest BCUT2D eigenvalue weighted by Crippen LogP contribution is 2.37. The summed E-state index contributed by atoms with van der Waals surface area (Å²) in [6.07, 6.45) is 1.54. The van der Waals surface area contributed by atoms with E-state index < -0.39 is 9.84 Å². The molecule has 0 atom stereocenters. The van der Waals surface area contributed by atoms with Gasteiger partial charge >= 0.3 is 0 Å². The van der Waals surface area contributed by atoms with Crippen LogP contribution in [0.5, 0.6) is 0 Å². The first-order valence-electron chi connectivity index (χ1n) is 9.92. The van der Waals surface area contributed by atoms with E-state index in [4.69, 9.17) is 0 Å². The van der Waals surface area contributed by atoms with Crippen molar-refractivity contribution in [2.75, 3.05) is 38.1 Å². The molecule has 0 amide bonds. The molecule has 0 radical (unpaired) electrons. The first kappa shape index (κ1) is 19.9. The second-order valence-electron chi connectivity index (χ2n) is 8.03. The van der Waals surface area contributed by atoms with Gasteiger partial charge in [0.15, 0.2) is 0 Å². The zero-order valence-corrected chi connectivity index (χ0v) is 18.3. The van der Waals surface area contributed by atoms with Gasteiger partial charge in [-0.2, -0.15) is 0 Å². The summed E-state index contributed by atoms with van der Waals surface area (Å²) >= 11 is 0. The van der Waals surface area contributed by atoms with Crippen molar-refractivity contribution in [3.05, 3.63) is 59.3 Å². The average Bonchev–Trinajstić information content (AvgIpc) is 2.69. The minimum atomic E-state index is -3.69. The van der Waals surface area contributed by atoms with Gasteiger partial charge in [-0.3, -0.25) is 4.98 Å². The molecule has 29 heavy (non-hydrogen) atoms. The van der Waals surface area contributed by atoms with Crippen LogP contribution in [-0.4, -0.2) is 51.5 Å². The molecule has 152 valence electrons. The maximum atomic E-state index is 13.7. The van der Waals surface area contributed by atoms with Crippen LogP contribution >= 0.6 is 0 Å². The number of nitrogens with zero attached hydrogens (tertiary/aromatic N) is 3. The topological polar surface area (TPSA) is 53.5 Å². The number of sulfone groups is 1.